The van der Waals surface area contributed by atoms with Crippen LogP contribution in [0, 0.1) is 6.92 Å². The predicted molar refractivity (Wildman–Crippen MR) is 194 cm³/mol. The summed E-state index contributed by atoms with van der Waals surface area (Å²) in [6.45, 7) is 2.97. The molecule has 11 nitrogen and oxygen atoms in total. The van der Waals surface area contributed by atoms with E-state index in [0.29, 0.717) is 55.6 Å². The van der Waals surface area contributed by atoms with Crippen LogP contribution in [0.3, 0.4) is 0 Å². The number of rotatable bonds is 10. The van der Waals surface area contributed by atoms with Gasteiger partial charge in [0, 0.05) is 47.3 Å². The van der Waals surface area contributed by atoms with Gasteiger partial charge in [-0.2, -0.15) is 9.41 Å². The van der Waals surface area contributed by atoms with E-state index in [1.54, 1.807) is 11.0 Å². The molecule has 14 heteroatoms. The van der Waals surface area contributed by atoms with E-state index in [0.717, 1.165) is 22.2 Å². The number of carbonyl (C=O) groups is 2. The van der Waals surface area contributed by atoms with Gasteiger partial charge in [0.15, 0.2) is 0 Å². The van der Waals surface area contributed by atoms with Crippen molar-refractivity contribution in [1.82, 2.24) is 19.5 Å². The first kappa shape index (κ1) is 35.6. The molecule has 50 heavy (non-hydrogen) atoms. The highest BCUT2D eigenvalue weighted by Crippen LogP contribution is 2.36. The number of hydrazone groups is 1. The lowest BCUT2D eigenvalue weighted by molar-refractivity contribution is -0.131. The molecule has 0 bridgehead atoms. The molecule has 2 aliphatic rings. The first-order valence-electron chi connectivity index (χ1n) is 16.4. The van der Waals surface area contributed by atoms with Crippen molar-refractivity contribution in [3.8, 4) is 5.75 Å². The molecule has 4 aromatic rings. The third-order valence-corrected chi connectivity index (χ3v) is 12.0. The van der Waals surface area contributed by atoms with Crippen LogP contribution in [0.5, 0.6) is 5.75 Å². The lowest BCUT2D eigenvalue weighted by Crippen LogP contribution is -2.52. The van der Waals surface area contributed by atoms with E-state index in [9.17, 15) is 18.0 Å². The minimum atomic E-state index is -4.18. The maximum absolute atomic E-state index is 14.0. The van der Waals surface area contributed by atoms with E-state index >= 15 is 0 Å². The number of likely N-dealkylation sites (tertiary alicyclic amines) is 1. The number of aryl methyl sites for hydroxylation is 1. The summed E-state index contributed by atoms with van der Waals surface area (Å²) in [6, 6.07) is 18.7. The molecule has 1 atom stereocenters. The van der Waals surface area contributed by atoms with Crippen molar-refractivity contribution < 1.29 is 22.7 Å². The first-order chi connectivity index (χ1) is 24.0. The van der Waals surface area contributed by atoms with E-state index in [1.165, 1.54) is 22.7 Å². The van der Waals surface area contributed by atoms with Crippen LogP contribution in [-0.4, -0.2) is 72.4 Å². The van der Waals surface area contributed by atoms with E-state index in [2.05, 4.69) is 15.4 Å². The van der Waals surface area contributed by atoms with Gasteiger partial charge in [-0.25, -0.2) is 13.4 Å². The molecule has 6 rings (SSSR count). The second kappa shape index (κ2) is 15.3. The zero-order valence-electron chi connectivity index (χ0n) is 27.5. The Bertz CT molecular complexity index is 2040. The minimum Gasteiger partial charge on any atom is -0.487 e. The van der Waals surface area contributed by atoms with Gasteiger partial charge in [0.05, 0.1) is 17.7 Å². The number of hydrogen-bond acceptors (Lipinski definition) is 8. The predicted octanol–water partition coefficient (Wildman–Crippen LogP) is 5.22. The fraction of sp³-hybridized carbons (Fsp3) is 0.333. The zero-order valence-corrected chi connectivity index (χ0v) is 29.8. The molecule has 262 valence electrons. The fourth-order valence-corrected chi connectivity index (χ4v) is 8.99. The van der Waals surface area contributed by atoms with Crippen molar-refractivity contribution in [2.24, 2.45) is 10.9 Å². The molecule has 1 aromatic heterocycles. The van der Waals surface area contributed by atoms with Crippen molar-refractivity contribution in [1.29, 1.82) is 0 Å². The van der Waals surface area contributed by atoms with Crippen LogP contribution in [0.25, 0.3) is 10.9 Å². The number of carbonyl (C=O) groups excluding carboxylic acids is 2. The number of piperidine rings is 1. The molecular formula is C36H38Cl2N6O5S. The summed E-state index contributed by atoms with van der Waals surface area (Å²) in [5, 5.41) is 7.66. The average Bonchev–Trinajstić information content (AvgIpc) is 3.61. The highest BCUT2D eigenvalue weighted by Gasteiger charge is 2.41. The van der Waals surface area contributed by atoms with Crippen LogP contribution in [0.1, 0.15) is 48.1 Å². The number of sulfonamides is 1. The molecule has 2 aliphatic heterocycles. The number of ether oxygens (including phenoxy) is 1. The second-order valence-electron chi connectivity index (χ2n) is 12.5. The summed E-state index contributed by atoms with van der Waals surface area (Å²) in [5.74, 6) is 5.37. The Balaban J connectivity index is 1.08. The van der Waals surface area contributed by atoms with E-state index < -0.39 is 16.1 Å². The molecule has 0 spiro atoms. The third kappa shape index (κ3) is 7.73. The van der Waals surface area contributed by atoms with E-state index in [4.69, 9.17) is 33.8 Å². The number of nitrogens with two attached hydrogens (primary N) is 1. The Kier molecular flexibility index (Phi) is 10.9. The Morgan fingerprint density at radius 1 is 1.02 bits per heavy atom. The maximum Gasteiger partial charge on any atom is 0.245 e. The van der Waals surface area contributed by atoms with Crippen molar-refractivity contribution in [2.45, 2.75) is 62.6 Å². The minimum absolute atomic E-state index is 0.0107. The largest absolute Gasteiger partial charge is 0.487 e. The maximum atomic E-state index is 14.0. The molecular weight excluding hydrogens is 699 g/mol. The van der Waals surface area contributed by atoms with Gasteiger partial charge in [-0.1, -0.05) is 65.7 Å². The monoisotopic (exact) mass is 736 g/mol. The van der Waals surface area contributed by atoms with Gasteiger partial charge in [-0.3, -0.25) is 9.59 Å². The lowest BCUT2D eigenvalue weighted by Gasteiger charge is -2.33. The highest BCUT2D eigenvalue weighted by atomic mass is 35.5. The molecule has 3 heterocycles. The molecule has 0 radical (unpaired) electrons. The SMILES string of the molecule is Cc1ccc2cccc(OCc3c(Cl)ccc(S(=O)(=O)N4CCC[C@H]4C(=O)NC4CCN(C(=O)Cc5ccc(C=NN)cc5)CC4)c3Cl)c2n1. The number of aromatic nitrogens is 1. The van der Waals surface area contributed by atoms with Crippen LogP contribution in [0.2, 0.25) is 10.0 Å². The first-order valence-corrected chi connectivity index (χ1v) is 18.6. The third-order valence-electron chi connectivity index (χ3n) is 9.19. The number of amides is 2. The number of fused-ring (bicyclic) bond motifs is 1. The van der Waals surface area contributed by atoms with Crippen LogP contribution in [0.4, 0.5) is 0 Å². The topological polar surface area (TPSA) is 147 Å². The molecule has 2 amide bonds. The van der Waals surface area contributed by atoms with Crippen molar-refractivity contribution >= 4 is 62.2 Å². The molecule has 3 N–H and O–H groups in total. The molecule has 3 aromatic carbocycles. The van der Waals surface area contributed by atoms with Gasteiger partial charge in [0.1, 0.15) is 28.8 Å². The number of pyridine rings is 1. The summed E-state index contributed by atoms with van der Waals surface area (Å²) in [7, 11) is -4.18. The number of hydrogen-bond donors (Lipinski definition) is 2. The Hall–Kier alpha value is -4.23. The fourth-order valence-electron chi connectivity index (χ4n) is 6.47. The standard InChI is InChI=1S/C36H38Cl2N6O5S/c1-23-7-12-26-4-2-6-31(35(26)41-23)49-22-28-29(37)13-14-32(34(28)38)50(47,48)44-17-3-5-30(44)36(46)42-27-15-18-43(19-16-27)33(45)20-24-8-10-25(11-9-24)21-40-39/h2,4,6-14,21,27,30H,3,5,15-20,22,39H2,1H3,(H,42,46)/t30-/m0/s1. The van der Waals surface area contributed by atoms with Crippen molar-refractivity contribution in [3.63, 3.8) is 0 Å². The number of nitrogens with zero attached hydrogens (tertiary/aromatic N) is 4. The van der Waals surface area contributed by atoms with Gasteiger partial charge >= 0.3 is 0 Å². The van der Waals surface area contributed by atoms with E-state index in [-0.39, 0.29) is 52.4 Å². The van der Waals surface area contributed by atoms with Crippen molar-refractivity contribution in [2.75, 3.05) is 19.6 Å². The van der Waals surface area contributed by atoms with Gasteiger partial charge < -0.3 is 20.8 Å². The Morgan fingerprint density at radius 2 is 1.78 bits per heavy atom. The highest BCUT2D eigenvalue weighted by molar-refractivity contribution is 7.89. The summed E-state index contributed by atoms with van der Waals surface area (Å²) in [5.41, 5.74) is 3.56. The van der Waals surface area contributed by atoms with Crippen LogP contribution < -0.4 is 15.9 Å². The normalized spacial score (nSPS) is 17.4. The number of nitrogens with one attached hydrogen (secondary N) is 1. The zero-order chi connectivity index (χ0) is 35.4. The molecule has 0 aliphatic carbocycles. The smallest absolute Gasteiger partial charge is 0.245 e. The second-order valence-corrected chi connectivity index (χ2v) is 15.2. The molecule has 0 saturated carbocycles. The van der Waals surface area contributed by atoms with Gasteiger partial charge in [0.2, 0.25) is 21.8 Å². The van der Waals surface area contributed by atoms with Gasteiger partial charge in [-0.05, 0) is 68.0 Å². The quantitative estimate of drug-likeness (QED) is 0.129. The Labute approximate surface area is 301 Å². The number of halogens is 2. The summed E-state index contributed by atoms with van der Waals surface area (Å²) < 4.78 is 35.4. The lowest BCUT2D eigenvalue weighted by atomic mass is 10.0. The van der Waals surface area contributed by atoms with Crippen LogP contribution in [-0.2, 0) is 32.6 Å². The Morgan fingerprint density at radius 3 is 2.52 bits per heavy atom. The average molecular weight is 738 g/mol. The van der Waals surface area contributed by atoms with Crippen molar-refractivity contribution in [3.05, 3.63) is 99.2 Å². The van der Waals surface area contributed by atoms with Gasteiger partial charge in [0.25, 0.3) is 0 Å². The summed E-state index contributed by atoms with van der Waals surface area (Å²) >= 11 is 13.3. The molecule has 2 saturated heterocycles. The number of benzene rings is 3. The van der Waals surface area contributed by atoms with Gasteiger partial charge in [-0.15, -0.1) is 0 Å². The molecule has 0 unspecified atom stereocenters. The number of para-hydroxylation sites is 1. The van der Waals surface area contributed by atoms with Crippen LogP contribution in [0.15, 0.2) is 76.7 Å². The summed E-state index contributed by atoms with van der Waals surface area (Å²) in [6.07, 6.45) is 3.86. The van der Waals surface area contributed by atoms with Crippen LogP contribution >= 0.6 is 23.2 Å². The van der Waals surface area contributed by atoms with E-state index in [1.807, 2.05) is 55.5 Å². The molecule has 2 fully saturated rings. The summed E-state index contributed by atoms with van der Waals surface area (Å²) in [4.78, 5) is 32.7.